The van der Waals surface area contributed by atoms with Gasteiger partial charge in [-0.2, -0.15) is 0 Å². The van der Waals surface area contributed by atoms with Gasteiger partial charge < -0.3 is 15.3 Å². The molecule has 1 aromatic rings. The van der Waals surface area contributed by atoms with E-state index < -0.39 is 5.97 Å². The lowest BCUT2D eigenvalue weighted by atomic mass is 10.2. The van der Waals surface area contributed by atoms with Gasteiger partial charge in [0, 0.05) is 26.5 Å². The van der Waals surface area contributed by atoms with Crippen molar-refractivity contribution >= 4 is 17.6 Å². The predicted molar refractivity (Wildman–Crippen MR) is 58.5 cm³/mol. The van der Waals surface area contributed by atoms with Crippen molar-refractivity contribution in [2.75, 3.05) is 25.5 Å². The standard InChI is InChI=1S/C10H13N3O3/c1-11-9(14)6-13(2)8-3-4-12-5-7(8)10(15)16/h3-5H,6H2,1-2H3,(H,11,14)(H,15,16). The molecule has 0 unspecified atom stereocenters. The fourth-order valence-corrected chi connectivity index (χ4v) is 1.26. The Morgan fingerprint density at radius 2 is 2.25 bits per heavy atom. The molecule has 1 rings (SSSR count). The number of amides is 1. The van der Waals surface area contributed by atoms with Gasteiger partial charge in [-0.15, -0.1) is 0 Å². The van der Waals surface area contributed by atoms with E-state index in [0.29, 0.717) is 5.69 Å². The van der Waals surface area contributed by atoms with E-state index in [-0.39, 0.29) is 18.0 Å². The fraction of sp³-hybridized carbons (Fsp3) is 0.300. The van der Waals surface area contributed by atoms with Crippen molar-refractivity contribution in [3.63, 3.8) is 0 Å². The molecule has 0 radical (unpaired) electrons. The van der Waals surface area contributed by atoms with Crippen LogP contribution in [0, 0.1) is 0 Å². The largest absolute Gasteiger partial charge is 0.478 e. The van der Waals surface area contributed by atoms with Crippen LogP contribution in [0.25, 0.3) is 0 Å². The Bertz CT molecular complexity index is 406. The van der Waals surface area contributed by atoms with E-state index in [2.05, 4.69) is 10.3 Å². The highest BCUT2D eigenvalue weighted by Crippen LogP contribution is 2.17. The van der Waals surface area contributed by atoms with Crippen molar-refractivity contribution in [2.45, 2.75) is 0 Å². The summed E-state index contributed by atoms with van der Waals surface area (Å²) in [7, 11) is 3.18. The molecule has 0 aromatic carbocycles. The highest BCUT2D eigenvalue weighted by molar-refractivity contribution is 5.94. The molecule has 6 heteroatoms. The Morgan fingerprint density at radius 1 is 1.56 bits per heavy atom. The molecule has 6 nitrogen and oxygen atoms in total. The maximum absolute atomic E-state index is 11.2. The molecule has 0 spiro atoms. The third kappa shape index (κ3) is 2.69. The number of anilines is 1. The number of carbonyl (C=O) groups is 2. The van der Waals surface area contributed by atoms with Gasteiger partial charge in [0.15, 0.2) is 0 Å². The summed E-state index contributed by atoms with van der Waals surface area (Å²) in [4.78, 5) is 27.4. The number of rotatable bonds is 4. The van der Waals surface area contributed by atoms with Crippen LogP contribution in [0.15, 0.2) is 18.5 Å². The maximum Gasteiger partial charge on any atom is 0.339 e. The molecule has 0 aliphatic carbocycles. The molecule has 0 saturated carbocycles. The van der Waals surface area contributed by atoms with Gasteiger partial charge in [0.2, 0.25) is 5.91 Å². The third-order valence-corrected chi connectivity index (χ3v) is 2.10. The van der Waals surface area contributed by atoms with E-state index >= 15 is 0 Å². The van der Waals surface area contributed by atoms with Gasteiger partial charge in [0.05, 0.1) is 12.2 Å². The predicted octanol–water partition coefficient (Wildman–Crippen LogP) is -0.0380. The second-order valence-corrected chi connectivity index (χ2v) is 3.23. The molecule has 0 atom stereocenters. The third-order valence-electron chi connectivity index (χ3n) is 2.10. The van der Waals surface area contributed by atoms with Crippen LogP contribution in [-0.4, -0.2) is 42.6 Å². The van der Waals surface area contributed by atoms with Crippen LogP contribution in [-0.2, 0) is 4.79 Å². The number of pyridine rings is 1. The fourth-order valence-electron chi connectivity index (χ4n) is 1.26. The summed E-state index contributed by atoms with van der Waals surface area (Å²) in [6.45, 7) is 0.0980. The molecular formula is C10H13N3O3. The molecule has 16 heavy (non-hydrogen) atoms. The van der Waals surface area contributed by atoms with Crippen molar-refractivity contribution < 1.29 is 14.7 Å². The van der Waals surface area contributed by atoms with Crippen molar-refractivity contribution in [3.05, 3.63) is 24.0 Å². The molecule has 1 amide bonds. The monoisotopic (exact) mass is 223 g/mol. The number of nitrogens with zero attached hydrogens (tertiary/aromatic N) is 2. The summed E-state index contributed by atoms with van der Waals surface area (Å²) >= 11 is 0. The Kier molecular flexibility index (Phi) is 3.82. The summed E-state index contributed by atoms with van der Waals surface area (Å²) in [6.07, 6.45) is 2.75. The quantitative estimate of drug-likeness (QED) is 0.748. The van der Waals surface area contributed by atoms with Crippen LogP contribution < -0.4 is 10.2 Å². The number of carboxylic acid groups (broad SMARTS) is 1. The van der Waals surface area contributed by atoms with E-state index in [9.17, 15) is 9.59 Å². The second-order valence-electron chi connectivity index (χ2n) is 3.23. The smallest absolute Gasteiger partial charge is 0.339 e. The van der Waals surface area contributed by atoms with Crippen LogP contribution in [0.4, 0.5) is 5.69 Å². The van der Waals surface area contributed by atoms with Crippen molar-refractivity contribution in [2.24, 2.45) is 0 Å². The highest BCUT2D eigenvalue weighted by atomic mass is 16.4. The number of hydrogen-bond donors (Lipinski definition) is 2. The van der Waals surface area contributed by atoms with Gasteiger partial charge in [-0.3, -0.25) is 9.78 Å². The number of aromatic carboxylic acids is 1. The van der Waals surface area contributed by atoms with E-state index in [0.717, 1.165) is 0 Å². The molecule has 2 N–H and O–H groups in total. The summed E-state index contributed by atoms with van der Waals surface area (Å²) < 4.78 is 0. The van der Waals surface area contributed by atoms with Gasteiger partial charge >= 0.3 is 5.97 Å². The minimum Gasteiger partial charge on any atom is -0.478 e. The van der Waals surface area contributed by atoms with Crippen molar-refractivity contribution in [1.29, 1.82) is 0 Å². The van der Waals surface area contributed by atoms with Gasteiger partial charge in [-0.1, -0.05) is 0 Å². The highest BCUT2D eigenvalue weighted by Gasteiger charge is 2.14. The zero-order valence-electron chi connectivity index (χ0n) is 9.10. The van der Waals surface area contributed by atoms with Gasteiger partial charge in [0.25, 0.3) is 0 Å². The minimum absolute atomic E-state index is 0.0777. The average molecular weight is 223 g/mol. The van der Waals surface area contributed by atoms with Crippen LogP contribution in [0.3, 0.4) is 0 Å². The zero-order chi connectivity index (χ0) is 12.1. The number of likely N-dealkylation sites (N-methyl/N-ethyl adjacent to an activating group) is 2. The second kappa shape index (κ2) is 5.11. The summed E-state index contributed by atoms with van der Waals surface area (Å²) in [5.41, 5.74) is 0.542. The minimum atomic E-state index is -1.06. The molecule has 0 bridgehead atoms. The van der Waals surface area contributed by atoms with Crippen molar-refractivity contribution in [1.82, 2.24) is 10.3 Å². The number of hydrogen-bond acceptors (Lipinski definition) is 4. The Balaban J connectivity index is 2.94. The van der Waals surface area contributed by atoms with Crippen molar-refractivity contribution in [3.8, 4) is 0 Å². The Morgan fingerprint density at radius 3 is 2.81 bits per heavy atom. The van der Waals surface area contributed by atoms with Crippen LogP contribution in [0.1, 0.15) is 10.4 Å². The van der Waals surface area contributed by atoms with Crippen LogP contribution >= 0.6 is 0 Å². The first kappa shape index (κ1) is 12.0. The SMILES string of the molecule is CNC(=O)CN(C)c1ccncc1C(=O)O. The first-order valence-corrected chi connectivity index (χ1v) is 4.65. The molecule has 86 valence electrons. The van der Waals surface area contributed by atoms with Gasteiger partial charge in [-0.05, 0) is 6.07 Å². The number of aromatic nitrogens is 1. The molecular weight excluding hydrogens is 210 g/mol. The lowest BCUT2D eigenvalue weighted by Crippen LogP contribution is -2.33. The van der Waals surface area contributed by atoms with Gasteiger partial charge in [0.1, 0.15) is 5.56 Å². The van der Waals surface area contributed by atoms with E-state index in [1.165, 1.54) is 19.4 Å². The maximum atomic E-state index is 11.2. The molecule has 1 aromatic heterocycles. The van der Waals surface area contributed by atoms with Crippen LogP contribution in [0.2, 0.25) is 0 Å². The van der Waals surface area contributed by atoms with Gasteiger partial charge in [-0.25, -0.2) is 4.79 Å². The number of carbonyl (C=O) groups excluding carboxylic acids is 1. The molecule has 0 saturated heterocycles. The lowest BCUT2D eigenvalue weighted by molar-refractivity contribution is -0.119. The summed E-state index contributed by atoms with van der Waals surface area (Å²) in [6, 6.07) is 1.56. The Hall–Kier alpha value is -2.11. The molecule has 0 aliphatic rings. The molecule has 0 fully saturated rings. The zero-order valence-corrected chi connectivity index (χ0v) is 9.10. The summed E-state index contributed by atoms with van der Waals surface area (Å²) in [5, 5.41) is 11.4. The van der Waals surface area contributed by atoms with Crippen LogP contribution in [0.5, 0.6) is 0 Å². The number of carboxylic acids is 1. The molecule has 1 heterocycles. The van der Waals surface area contributed by atoms with E-state index in [4.69, 9.17) is 5.11 Å². The lowest BCUT2D eigenvalue weighted by Gasteiger charge is -2.19. The normalized spacial score (nSPS) is 9.62. The average Bonchev–Trinajstić information content (AvgIpc) is 2.28. The van der Waals surface area contributed by atoms with E-state index in [1.54, 1.807) is 18.0 Å². The first-order valence-electron chi connectivity index (χ1n) is 4.65. The summed E-state index contributed by atoms with van der Waals surface area (Å²) in [5.74, 6) is -1.25. The Labute approximate surface area is 92.9 Å². The topological polar surface area (TPSA) is 82.5 Å². The first-order chi connectivity index (χ1) is 7.56. The van der Waals surface area contributed by atoms with E-state index in [1.807, 2.05) is 0 Å². The number of nitrogens with one attached hydrogen (secondary N) is 1. The molecule has 0 aliphatic heterocycles.